The predicted octanol–water partition coefficient (Wildman–Crippen LogP) is 4.19. The summed E-state index contributed by atoms with van der Waals surface area (Å²) in [6.07, 6.45) is 5.28. The monoisotopic (exact) mass is 340 g/mol. The molecular weight excluding hydrogens is 316 g/mol. The molecule has 132 valence electrons. The molecule has 3 aromatic rings. The van der Waals surface area contributed by atoms with Gasteiger partial charge < -0.3 is 9.73 Å². The first-order valence-electron chi connectivity index (χ1n) is 8.74. The Hall–Kier alpha value is -2.63. The van der Waals surface area contributed by atoms with Crippen LogP contribution in [0.25, 0.3) is 22.5 Å². The maximum Gasteiger partial charge on any atom is 0.252 e. The Morgan fingerprint density at radius 1 is 1.36 bits per heavy atom. The number of pyridine rings is 1. The van der Waals surface area contributed by atoms with E-state index in [1.54, 1.807) is 18.5 Å². The normalized spacial score (nSPS) is 12.7. The average molecular weight is 340 g/mol. The van der Waals surface area contributed by atoms with Crippen LogP contribution in [0.3, 0.4) is 0 Å². The standard InChI is InChI=1S/C19H24N4O2/c1-5-7-13(4)21-19(24)14-10-16(17-8-6-9-25-17)22-18-15(14)11-20-23(18)12(2)3/h6,8-13H,5,7H2,1-4H3,(H,21,24). The second-order valence-corrected chi connectivity index (χ2v) is 6.62. The summed E-state index contributed by atoms with van der Waals surface area (Å²) < 4.78 is 7.30. The molecule has 0 fully saturated rings. The summed E-state index contributed by atoms with van der Waals surface area (Å²) >= 11 is 0. The van der Waals surface area contributed by atoms with Crippen molar-refractivity contribution in [1.29, 1.82) is 0 Å². The highest BCUT2D eigenvalue weighted by molar-refractivity contribution is 6.06. The molecule has 1 N–H and O–H groups in total. The SMILES string of the molecule is CCCC(C)NC(=O)c1cc(-c2ccco2)nc2c1cnn2C(C)C. The minimum atomic E-state index is -0.107. The van der Waals surface area contributed by atoms with Gasteiger partial charge in [0.15, 0.2) is 11.4 Å². The lowest BCUT2D eigenvalue weighted by molar-refractivity contribution is 0.0940. The minimum absolute atomic E-state index is 0.107. The maximum atomic E-state index is 12.8. The second kappa shape index (κ2) is 7.09. The highest BCUT2D eigenvalue weighted by Gasteiger charge is 2.20. The zero-order valence-electron chi connectivity index (χ0n) is 15.1. The molecule has 6 heteroatoms. The number of rotatable bonds is 6. The molecule has 0 aromatic carbocycles. The fraction of sp³-hybridized carbons (Fsp3) is 0.421. The molecule has 0 aliphatic carbocycles. The van der Waals surface area contributed by atoms with Gasteiger partial charge in [0.2, 0.25) is 0 Å². The van der Waals surface area contributed by atoms with E-state index in [2.05, 4.69) is 22.3 Å². The van der Waals surface area contributed by atoms with E-state index < -0.39 is 0 Å². The summed E-state index contributed by atoms with van der Waals surface area (Å²) in [5, 5.41) is 8.24. The lowest BCUT2D eigenvalue weighted by Gasteiger charge is -2.14. The van der Waals surface area contributed by atoms with Crippen LogP contribution < -0.4 is 5.32 Å². The molecule has 0 saturated heterocycles. The van der Waals surface area contributed by atoms with E-state index in [1.165, 1.54) is 0 Å². The summed E-state index contributed by atoms with van der Waals surface area (Å²) in [4.78, 5) is 17.5. The number of hydrogen-bond donors (Lipinski definition) is 1. The van der Waals surface area contributed by atoms with Gasteiger partial charge in [0.25, 0.3) is 5.91 Å². The van der Waals surface area contributed by atoms with Crippen molar-refractivity contribution in [2.45, 2.75) is 52.6 Å². The minimum Gasteiger partial charge on any atom is -0.463 e. The van der Waals surface area contributed by atoms with E-state index in [4.69, 9.17) is 4.42 Å². The van der Waals surface area contributed by atoms with Crippen molar-refractivity contribution in [1.82, 2.24) is 20.1 Å². The molecule has 0 aliphatic heterocycles. The first kappa shape index (κ1) is 17.2. The lowest BCUT2D eigenvalue weighted by Crippen LogP contribution is -2.32. The van der Waals surface area contributed by atoms with Gasteiger partial charge in [0.1, 0.15) is 5.69 Å². The second-order valence-electron chi connectivity index (χ2n) is 6.62. The summed E-state index contributed by atoms with van der Waals surface area (Å²) in [5.41, 5.74) is 1.90. The van der Waals surface area contributed by atoms with E-state index >= 15 is 0 Å². The Bertz CT molecular complexity index is 865. The molecule has 3 aromatic heterocycles. The average Bonchev–Trinajstić information content (AvgIpc) is 3.23. The molecule has 0 aliphatic rings. The van der Waals surface area contributed by atoms with Gasteiger partial charge in [-0.05, 0) is 45.4 Å². The first-order chi connectivity index (χ1) is 12.0. The molecule has 3 rings (SSSR count). The molecule has 3 heterocycles. The highest BCUT2D eigenvalue weighted by Crippen LogP contribution is 2.26. The van der Waals surface area contributed by atoms with Gasteiger partial charge in [-0.15, -0.1) is 0 Å². The van der Waals surface area contributed by atoms with Crippen LogP contribution >= 0.6 is 0 Å². The third kappa shape index (κ3) is 3.43. The molecule has 0 radical (unpaired) electrons. The van der Waals surface area contributed by atoms with Crippen LogP contribution in [0.15, 0.2) is 35.1 Å². The van der Waals surface area contributed by atoms with E-state index in [1.807, 2.05) is 37.6 Å². The molecule has 1 unspecified atom stereocenters. The van der Waals surface area contributed by atoms with Gasteiger partial charge in [0, 0.05) is 12.1 Å². The van der Waals surface area contributed by atoms with Crippen molar-refractivity contribution in [3.05, 3.63) is 36.2 Å². The van der Waals surface area contributed by atoms with E-state index in [9.17, 15) is 4.79 Å². The quantitative estimate of drug-likeness (QED) is 0.730. The fourth-order valence-corrected chi connectivity index (χ4v) is 2.94. The number of carbonyl (C=O) groups excluding carboxylic acids is 1. The number of furan rings is 1. The number of nitrogens with one attached hydrogen (secondary N) is 1. The molecule has 1 amide bonds. The summed E-state index contributed by atoms with van der Waals surface area (Å²) in [6, 6.07) is 5.69. The van der Waals surface area contributed by atoms with Gasteiger partial charge in [0.05, 0.1) is 23.4 Å². The maximum absolute atomic E-state index is 12.8. The summed E-state index contributed by atoms with van der Waals surface area (Å²) in [7, 11) is 0. The van der Waals surface area contributed by atoms with Crippen LogP contribution in [-0.2, 0) is 0 Å². The molecule has 6 nitrogen and oxygen atoms in total. The number of nitrogens with zero attached hydrogens (tertiary/aromatic N) is 3. The number of amides is 1. The highest BCUT2D eigenvalue weighted by atomic mass is 16.3. The van der Waals surface area contributed by atoms with Crippen LogP contribution in [-0.4, -0.2) is 26.7 Å². The van der Waals surface area contributed by atoms with Crippen LogP contribution in [0.2, 0.25) is 0 Å². The topological polar surface area (TPSA) is 73.0 Å². The Balaban J connectivity index is 2.11. The van der Waals surface area contributed by atoms with Gasteiger partial charge in [-0.2, -0.15) is 5.10 Å². The third-order valence-electron chi connectivity index (χ3n) is 4.17. The Morgan fingerprint density at radius 2 is 2.16 bits per heavy atom. The van der Waals surface area contributed by atoms with Crippen molar-refractivity contribution in [3.8, 4) is 11.5 Å². The smallest absolute Gasteiger partial charge is 0.252 e. The third-order valence-corrected chi connectivity index (χ3v) is 4.17. The fourth-order valence-electron chi connectivity index (χ4n) is 2.94. The van der Waals surface area contributed by atoms with Crippen molar-refractivity contribution in [2.24, 2.45) is 0 Å². The van der Waals surface area contributed by atoms with Crippen molar-refractivity contribution >= 4 is 16.9 Å². The van der Waals surface area contributed by atoms with Gasteiger partial charge in [-0.1, -0.05) is 13.3 Å². The number of fused-ring (bicyclic) bond motifs is 1. The Labute approximate surface area is 147 Å². The Kier molecular flexibility index (Phi) is 4.88. The van der Waals surface area contributed by atoms with Crippen LogP contribution in [0.5, 0.6) is 0 Å². The van der Waals surface area contributed by atoms with Crippen LogP contribution in [0, 0.1) is 0 Å². The van der Waals surface area contributed by atoms with E-state index in [-0.39, 0.29) is 18.0 Å². The summed E-state index contributed by atoms with van der Waals surface area (Å²) in [5.74, 6) is 0.526. The van der Waals surface area contributed by atoms with Gasteiger partial charge in [-0.3, -0.25) is 4.79 Å². The number of carbonyl (C=O) groups is 1. The van der Waals surface area contributed by atoms with Crippen LogP contribution in [0.1, 0.15) is 56.9 Å². The van der Waals surface area contributed by atoms with Crippen LogP contribution in [0.4, 0.5) is 0 Å². The molecule has 0 spiro atoms. The largest absolute Gasteiger partial charge is 0.463 e. The molecule has 25 heavy (non-hydrogen) atoms. The molecule has 0 saturated carbocycles. The van der Waals surface area contributed by atoms with Gasteiger partial charge in [-0.25, -0.2) is 9.67 Å². The van der Waals surface area contributed by atoms with Crippen molar-refractivity contribution in [2.75, 3.05) is 0 Å². The van der Waals surface area contributed by atoms with Gasteiger partial charge >= 0.3 is 0 Å². The molecule has 0 bridgehead atoms. The zero-order chi connectivity index (χ0) is 18.0. The number of hydrogen-bond acceptors (Lipinski definition) is 4. The number of aromatic nitrogens is 3. The zero-order valence-corrected chi connectivity index (χ0v) is 15.1. The summed E-state index contributed by atoms with van der Waals surface area (Å²) in [6.45, 7) is 8.20. The molecular formula is C19H24N4O2. The van der Waals surface area contributed by atoms with Crippen molar-refractivity contribution < 1.29 is 9.21 Å². The Morgan fingerprint density at radius 3 is 2.80 bits per heavy atom. The molecule has 1 atom stereocenters. The van der Waals surface area contributed by atoms with E-state index in [0.29, 0.717) is 22.7 Å². The first-order valence-corrected chi connectivity index (χ1v) is 8.74. The van der Waals surface area contributed by atoms with E-state index in [0.717, 1.165) is 18.2 Å². The van der Waals surface area contributed by atoms with Crippen molar-refractivity contribution in [3.63, 3.8) is 0 Å². The lowest BCUT2D eigenvalue weighted by atomic mass is 10.1. The predicted molar refractivity (Wildman–Crippen MR) is 97.5 cm³/mol.